The highest BCUT2D eigenvalue weighted by atomic mass is 19.1. The van der Waals surface area contributed by atoms with Gasteiger partial charge in [0.1, 0.15) is 11.6 Å². The fourth-order valence-corrected chi connectivity index (χ4v) is 2.11. The van der Waals surface area contributed by atoms with Crippen molar-refractivity contribution in [3.8, 4) is 17.2 Å². The zero-order valence-electron chi connectivity index (χ0n) is 13.7. The van der Waals surface area contributed by atoms with E-state index in [1.165, 1.54) is 45.6 Å². The van der Waals surface area contributed by atoms with Gasteiger partial charge in [-0.15, -0.1) is 0 Å². The highest BCUT2D eigenvalue weighted by Crippen LogP contribution is 2.34. The van der Waals surface area contributed by atoms with Gasteiger partial charge in [0.05, 0.1) is 21.3 Å². The summed E-state index contributed by atoms with van der Waals surface area (Å²) in [6, 6.07) is 8.50. The smallest absolute Gasteiger partial charge is 0.319 e. The van der Waals surface area contributed by atoms with Gasteiger partial charge in [0.15, 0.2) is 11.5 Å². The number of carbonyl (C=O) groups excluding carboxylic acids is 1. The number of anilines is 1. The summed E-state index contributed by atoms with van der Waals surface area (Å²) in [4.78, 5) is 11.9. The van der Waals surface area contributed by atoms with E-state index in [4.69, 9.17) is 14.2 Å². The van der Waals surface area contributed by atoms with Crippen molar-refractivity contribution in [3.63, 3.8) is 0 Å². The van der Waals surface area contributed by atoms with E-state index in [1.807, 2.05) is 0 Å². The highest BCUT2D eigenvalue weighted by molar-refractivity contribution is 5.89. The van der Waals surface area contributed by atoms with Crippen LogP contribution in [0, 0.1) is 5.82 Å². The minimum Gasteiger partial charge on any atom is -0.496 e. The summed E-state index contributed by atoms with van der Waals surface area (Å²) in [5.41, 5.74) is 1.22. The number of methoxy groups -OCH3 is 3. The first-order valence-corrected chi connectivity index (χ1v) is 7.16. The van der Waals surface area contributed by atoms with Crippen LogP contribution >= 0.6 is 0 Å². The number of hydrogen-bond acceptors (Lipinski definition) is 4. The topological polar surface area (TPSA) is 68.8 Å². The van der Waals surface area contributed by atoms with E-state index in [0.29, 0.717) is 22.9 Å². The van der Waals surface area contributed by atoms with Crippen molar-refractivity contribution in [2.75, 3.05) is 26.6 Å². The van der Waals surface area contributed by atoms with E-state index in [9.17, 15) is 9.18 Å². The molecule has 0 atom stereocenters. The molecule has 0 bridgehead atoms. The van der Waals surface area contributed by atoms with Crippen LogP contribution in [0.15, 0.2) is 36.4 Å². The van der Waals surface area contributed by atoms with Crippen LogP contribution in [0.5, 0.6) is 17.2 Å². The van der Waals surface area contributed by atoms with Gasteiger partial charge in [-0.1, -0.05) is 0 Å². The Balaban J connectivity index is 2.04. The molecule has 2 aromatic rings. The molecule has 2 amide bonds. The summed E-state index contributed by atoms with van der Waals surface area (Å²) >= 11 is 0. The lowest BCUT2D eigenvalue weighted by atomic mass is 10.1. The number of urea groups is 1. The fraction of sp³-hybridized carbons (Fsp3) is 0.235. The third-order valence-corrected chi connectivity index (χ3v) is 3.33. The van der Waals surface area contributed by atoms with Crippen LogP contribution in [0.3, 0.4) is 0 Å². The van der Waals surface area contributed by atoms with Gasteiger partial charge in [0, 0.05) is 23.9 Å². The Morgan fingerprint density at radius 1 is 0.958 bits per heavy atom. The lowest BCUT2D eigenvalue weighted by Gasteiger charge is -2.15. The first-order valence-electron chi connectivity index (χ1n) is 7.16. The van der Waals surface area contributed by atoms with Crippen LogP contribution in [-0.4, -0.2) is 27.4 Å². The monoisotopic (exact) mass is 334 g/mol. The van der Waals surface area contributed by atoms with E-state index in [2.05, 4.69) is 10.6 Å². The van der Waals surface area contributed by atoms with E-state index in [0.717, 1.165) is 5.56 Å². The molecule has 0 fully saturated rings. The van der Waals surface area contributed by atoms with Crippen molar-refractivity contribution in [3.05, 3.63) is 47.8 Å². The summed E-state index contributed by atoms with van der Waals surface area (Å²) in [5, 5.41) is 5.32. The molecule has 0 aliphatic carbocycles. The van der Waals surface area contributed by atoms with Gasteiger partial charge in [0.25, 0.3) is 0 Å². The standard InChI is InChI=1S/C17H19FN2O4/c1-22-14-9-16(24-3)15(23-2)8-11(14)10-19-17(21)20-13-6-4-12(18)5-7-13/h4-9H,10H2,1-3H3,(H2,19,20,21). The molecule has 0 unspecified atom stereocenters. The molecule has 2 rings (SSSR count). The summed E-state index contributed by atoms with van der Waals surface area (Å²) in [6.07, 6.45) is 0. The van der Waals surface area contributed by atoms with Crippen molar-refractivity contribution in [2.24, 2.45) is 0 Å². The first-order chi connectivity index (χ1) is 11.6. The van der Waals surface area contributed by atoms with E-state index < -0.39 is 6.03 Å². The zero-order chi connectivity index (χ0) is 17.5. The Labute approximate surface area is 139 Å². The van der Waals surface area contributed by atoms with Crippen LogP contribution in [0.25, 0.3) is 0 Å². The number of benzene rings is 2. The third-order valence-electron chi connectivity index (χ3n) is 3.33. The molecule has 24 heavy (non-hydrogen) atoms. The molecule has 7 heteroatoms. The zero-order valence-corrected chi connectivity index (χ0v) is 13.7. The van der Waals surface area contributed by atoms with Gasteiger partial charge >= 0.3 is 6.03 Å². The van der Waals surface area contributed by atoms with Crippen molar-refractivity contribution >= 4 is 11.7 Å². The Bertz CT molecular complexity index is 704. The van der Waals surface area contributed by atoms with Gasteiger partial charge in [-0.05, 0) is 30.3 Å². The van der Waals surface area contributed by atoms with Crippen LogP contribution in [-0.2, 0) is 6.54 Å². The molecule has 0 heterocycles. The average molecular weight is 334 g/mol. The number of ether oxygens (including phenoxy) is 3. The molecule has 6 nitrogen and oxygen atoms in total. The maximum Gasteiger partial charge on any atom is 0.319 e. The van der Waals surface area contributed by atoms with Gasteiger partial charge in [-0.25, -0.2) is 9.18 Å². The van der Waals surface area contributed by atoms with Gasteiger partial charge in [-0.3, -0.25) is 0 Å². The fourth-order valence-electron chi connectivity index (χ4n) is 2.11. The second kappa shape index (κ2) is 8.05. The van der Waals surface area contributed by atoms with Crippen molar-refractivity contribution in [1.82, 2.24) is 5.32 Å². The molecule has 0 saturated heterocycles. The number of rotatable bonds is 6. The highest BCUT2D eigenvalue weighted by Gasteiger charge is 2.12. The number of hydrogen-bond donors (Lipinski definition) is 2. The van der Waals surface area contributed by atoms with Crippen LogP contribution in [0.2, 0.25) is 0 Å². The Kier molecular flexibility index (Phi) is 5.83. The van der Waals surface area contributed by atoms with E-state index in [-0.39, 0.29) is 12.4 Å². The van der Waals surface area contributed by atoms with Crippen LogP contribution in [0.4, 0.5) is 14.9 Å². The SMILES string of the molecule is COc1cc(OC)c(OC)cc1CNC(=O)Nc1ccc(F)cc1. The van der Waals surface area contributed by atoms with Crippen LogP contribution in [0.1, 0.15) is 5.56 Å². The minimum absolute atomic E-state index is 0.219. The molecule has 0 saturated carbocycles. The quantitative estimate of drug-likeness (QED) is 0.851. The van der Waals surface area contributed by atoms with Crippen molar-refractivity contribution in [1.29, 1.82) is 0 Å². The number of carbonyl (C=O) groups is 1. The minimum atomic E-state index is -0.418. The largest absolute Gasteiger partial charge is 0.496 e. The molecule has 0 aliphatic heterocycles. The van der Waals surface area contributed by atoms with Gasteiger partial charge in [-0.2, -0.15) is 0 Å². The normalized spacial score (nSPS) is 10.0. The third kappa shape index (κ3) is 4.28. The first kappa shape index (κ1) is 17.4. The second-order valence-electron chi connectivity index (χ2n) is 4.83. The molecule has 0 radical (unpaired) electrons. The van der Waals surface area contributed by atoms with E-state index in [1.54, 1.807) is 12.1 Å². The summed E-state index contributed by atoms with van der Waals surface area (Å²) in [5.74, 6) is 1.27. The molecule has 0 spiro atoms. The van der Waals surface area contributed by atoms with Gasteiger partial charge in [0.2, 0.25) is 0 Å². The molecule has 0 aliphatic rings. The van der Waals surface area contributed by atoms with Gasteiger partial charge < -0.3 is 24.8 Å². The predicted molar refractivity (Wildman–Crippen MR) is 88.4 cm³/mol. The molecular formula is C17H19FN2O4. The molecule has 2 N–H and O–H groups in total. The second-order valence-corrected chi connectivity index (χ2v) is 4.83. The Morgan fingerprint density at radius 3 is 2.12 bits per heavy atom. The van der Waals surface area contributed by atoms with Crippen molar-refractivity contribution in [2.45, 2.75) is 6.54 Å². The number of nitrogens with one attached hydrogen (secondary N) is 2. The van der Waals surface area contributed by atoms with E-state index >= 15 is 0 Å². The molecule has 2 aromatic carbocycles. The molecular weight excluding hydrogens is 315 g/mol. The summed E-state index contributed by atoms with van der Waals surface area (Å²) in [6.45, 7) is 0.219. The molecule has 0 aromatic heterocycles. The summed E-state index contributed by atoms with van der Waals surface area (Å²) in [7, 11) is 4.59. The molecule has 128 valence electrons. The lowest BCUT2D eigenvalue weighted by molar-refractivity contribution is 0.251. The number of amides is 2. The number of halogens is 1. The maximum absolute atomic E-state index is 12.8. The maximum atomic E-state index is 12.8. The lowest BCUT2D eigenvalue weighted by Crippen LogP contribution is -2.28. The average Bonchev–Trinajstić information content (AvgIpc) is 2.61. The Morgan fingerprint density at radius 2 is 1.54 bits per heavy atom. The van der Waals surface area contributed by atoms with Crippen molar-refractivity contribution < 1.29 is 23.4 Å². The Hall–Kier alpha value is -2.96. The summed E-state index contributed by atoms with van der Waals surface area (Å²) < 4.78 is 28.6. The van der Waals surface area contributed by atoms with Crippen LogP contribution < -0.4 is 24.8 Å². The predicted octanol–water partition coefficient (Wildman–Crippen LogP) is 3.17.